The zero-order valence-electron chi connectivity index (χ0n) is 12.8. The van der Waals surface area contributed by atoms with Crippen molar-refractivity contribution in [3.8, 4) is 0 Å². The summed E-state index contributed by atoms with van der Waals surface area (Å²) in [5, 5.41) is 1.30. The molecule has 3 heterocycles. The standard InChI is InChI=1S/C18H23N3/c1-14-12-18(16-7-2-3-8-17(16)19-14)21-11-10-20-9-5-4-6-15(20)13-21/h2-3,7-8,12,15H,4-6,9-11,13H2,1H3. The maximum absolute atomic E-state index is 4.68. The van der Waals surface area contributed by atoms with Crippen molar-refractivity contribution in [3.05, 3.63) is 36.0 Å². The minimum absolute atomic E-state index is 0.750. The summed E-state index contributed by atoms with van der Waals surface area (Å²) in [7, 11) is 0. The largest absolute Gasteiger partial charge is 0.368 e. The van der Waals surface area contributed by atoms with Gasteiger partial charge in [0.05, 0.1) is 5.52 Å². The van der Waals surface area contributed by atoms with E-state index in [1.807, 2.05) is 0 Å². The molecule has 4 rings (SSSR count). The molecule has 3 nitrogen and oxygen atoms in total. The molecule has 0 amide bonds. The van der Waals surface area contributed by atoms with Crippen molar-refractivity contribution in [2.45, 2.75) is 32.2 Å². The average Bonchev–Trinajstić information content (AvgIpc) is 2.53. The van der Waals surface area contributed by atoms with Gasteiger partial charge in [0.1, 0.15) is 0 Å². The molecule has 2 aliphatic rings. The van der Waals surface area contributed by atoms with Gasteiger partial charge >= 0.3 is 0 Å². The third-order valence-electron chi connectivity index (χ3n) is 5.00. The SMILES string of the molecule is Cc1cc(N2CCN3CCCCC3C2)c2ccccc2n1. The van der Waals surface area contributed by atoms with Crippen LogP contribution in [-0.2, 0) is 0 Å². The molecule has 0 radical (unpaired) electrons. The highest BCUT2D eigenvalue weighted by Crippen LogP contribution is 2.30. The Labute approximate surface area is 126 Å². The van der Waals surface area contributed by atoms with E-state index in [0.717, 1.165) is 23.8 Å². The average molecular weight is 281 g/mol. The van der Waals surface area contributed by atoms with Crippen LogP contribution in [-0.4, -0.2) is 42.1 Å². The predicted molar refractivity (Wildman–Crippen MR) is 87.9 cm³/mol. The van der Waals surface area contributed by atoms with Crippen molar-refractivity contribution in [3.63, 3.8) is 0 Å². The third kappa shape index (κ3) is 2.40. The highest BCUT2D eigenvalue weighted by molar-refractivity contribution is 5.92. The van der Waals surface area contributed by atoms with Crippen LogP contribution in [0.2, 0.25) is 0 Å². The highest BCUT2D eigenvalue weighted by atomic mass is 15.3. The van der Waals surface area contributed by atoms with Gasteiger partial charge in [-0.05, 0) is 38.4 Å². The Balaban J connectivity index is 1.70. The first-order valence-corrected chi connectivity index (χ1v) is 8.17. The van der Waals surface area contributed by atoms with Gasteiger partial charge in [-0.15, -0.1) is 0 Å². The number of aryl methyl sites for hydroxylation is 1. The van der Waals surface area contributed by atoms with Gasteiger partial charge in [0.15, 0.2) is 0 Å². The summed E-state index contributed by atoms with van der Waals surface area (Å²) in [6.07, 6.45) is 4.14. The third-order valence-corrected chi connectivity index (χ3v) is 5.00. The second-order valence-electron chi connectivity index (χ2n) is 6.43. The van der Waals surface area contributed by atoms with Gasteiger partial charge in [-0.2, -0.15) is 0 Å². The number of pyridine rings is 1. The molecular weight excluding hydrogens is 258 g/mol. The van der Waals surface area contributed by atoms with Gasteiger partial charge in [0, 0.05) is 42.4 Å². The van der Waals surface area contributed by atoms with Gasteiger partial charge in [-0.1, -0.05) is 24.6 Å². The smallest absolute Gasteiger partial charge is 0.0726 e. The molecular formula is C18H23N3. The Bertz CT molecular complexity index is 652. The monoisotopic (exact) mass is 281 g/mol. The Morgan fingerprint density at radius 3 is 2.95 bits per heavy atom. The Kier molecular flexibility index (Phi) is 3.30. The number of fused-ring (bicyclic) bond motifs is 2. The zero-order valence-corrected chi connectivity index (χ0v) is 12.8. The van der Waals surface area contributed by atoms with E-state index in [2.05, 4.69) is 52.0 Å². The lowest BCUT2D eigenvalue weighted by Gasteiger charge is -2.45. The van der Waals surface area contributed by atoms with Crippen LogP contribution < -0.4 is 4.90 Å². The van der Waals surface area contributed by atoms with Crippen LogP contribution in [0.3, 0.4) is 0 Å². The number of piperidine rings is 1. The van der Waals surface area contributed by atoms with E-state index < -0.39 is 0 Å². The minimum Gasteiger partial charge on any atom is -0.368 e. The van der Waals surface area contributed by atoms with Crippen LogP contribution in [0.1, 0.15) is 25.0 Å². The second-order valence-corrected chi connectivity index (χ2v) is 6.43. The van der Waals surface area contributed by atoms with Crippen LogP contribution in [0.4, 0.5) is 5.69 Å². The van der Waals surface area contributed by atoms with E-state index in [0.29, 0.717) is 0 Å². The van der Waals surface area contributed by atoms with Crippen molar-refractivity contribution in [2.75, 3.05) is 31.1 Å². The minimum atomic E-state index is 0.750. The molecule has 0 N–H and O–H groups in total. The number of piperazine rings is 1. The highest BCUT2D eigenvalue weighted by Gasteiger charge is 2.29. The summed E-state index contributed by atoms with van der Waals surface area (Å²) in [6.45, 7) is 6.93. The Morgan fingerprint density at radius 1 is 1.10 bits per heavy atom. The molecule has 0 saturated carbocycles. The maximum atomic E-state index is 4.68. The molecule has 0 aliphatic carbocycles. The van der Waals surface area contributed by atoms with Crippen LogP contribution in [0.5, 0.6) is 0 Å². The molecule has 2 fully saturated rings. The summed E-state index contributed by atoms with van der Waals surface area (Å²) in [5.74, 6) is 0. The quantitative estimate of drug-likeness (QED) is 0.800. The van der Waals surface area contributed by atoms with Crippen LogP contribution >= 0.6 is 0 Å². The molecule has 1 atom stereocenters. The number of benzene rings is 1. The number of hydrogen-bond donors (Lipinski definition) is 0. The number of hydrogen-bond acceptors (Lipinski definition) is 3. The first-order chi connectivity index (χ1) is 10.3. The van der Waals surface area contributed by atoms with E-state index in [4.69, 9.17) is 0 Å². The van der Waals surface area contributed by atoms with Crippen molar-refractivity contribution >= 4 is 16.6 Å². The molecule has 21 heavy (non-hydrogen) atoms. The topological polar surface area (TPSA) is 19.4 Å². The van der Waals surface area contributed by atoms with E-state index in [1.54, 1.807) is 0 Å². The van der Waals surface area contributed by atoms with Gasteiger partial charge in [0.2, 0.25) is 0 Å². The van der Waals surface area contributed by atoms with Crippen molar-refractivity contribution in [2.24, 2.45) is 0 Å². The first-order valence-electron chi connectivity index (χ1n) is 8.17. The molecule has 2 aromatic rings. The summed E-state index contributed by atoms with van der Waals surface area (Å²) in [4.78, 5) is 9.95. The van der Waals surface area contributed by atoms with Crippen molar-refractivity contribution in [1.82, 2.24) is 9.88 Å². The van der Waals surface area contributed by atoms with Crippen LogP contribution in [0.15, 0.2) is 30.3 Å². The summed E-state index contributed by atoms with van der Waals surface area (Å²) in [6, 6.07) is 11.6. The summed E-state index contributed by atoms with van der Waals surface area (Å²) < 4.78 is 0. The summed E-state index contributed by atoms with van der Waals surface area (Å²) >= 11 is 0. The number of anilines is 1. The zero-order chi connectivity index (χ0) is 14.2. The fourth-order valence-electron chi connectivity index (χ4n) is 3.92. The van der Waals surface area contributed by atoms with E-state index in [9.17, 15) is 0 Å². The van der Waals surface area contributed by atoms with Crippen molar-refractivity contribution in [1.29, 1.82) is 0 Å². The molecule has 1 aromatic carbocycles. The second kappa shape index (κ2) is 5.30. The normalized spacial score (nSPS) is 23.3. The van der Waals surface area contributed by atoms with Gasteiger partial charge in [0.25, 0.3) is 0 Å². The molecule has 0 bridgehead atoms. The maximum Gasteiger partial charge on any atom is 0.0726 e. The molecule has 2 aliphatic heterocycles. The van der Waals surface area contributed by atoms with Crippen LogP contribution in [0, 0.1) is 6.92 Å². The first kappa shape index (κ1) is 13.1. The lowest BCUT2D eigenvalue weighted by atomic mass is 9.98. The number of aromatic nitrogens is 1. The number of nitrogens with zero attached hydrogens (tertiary/aromatic N) is 3. The van der Waals surface area contributed by atoms with Gasteiger partial charge in [-0.3, -0.25) is 9.88 Å². The molecule has 110 valence electrons. The molecule has 1 unspecified atom stereocenters. The van der Waals surface area contributed by atoms with Crippen molar-refractivity contribution < 1.29 is 0 Å². The lowest BCUT2D eigenvalue weighted by Crippen LogP contribution is -2.55. The predicted octanol–water partition coefficient (Wildman–Crippen LogP) is 3.22. The molecule has 3 heteroatoms. The van der Waals surface area contributed by atoms with E-state index >= 15 is 0 Å². The summed E-state index contributed by atoms with van der Waals surface area (Å²) in [5.41, 5.74) is 3.62. The van der Waals surface area contributed by atoms with Crippen LogP contribution in [0.25, 0.3) is 10.9 Å². The van der Waals surface area contributed by atoms with E-state index in [1.165, 1.54) is 50.0 Å². The fourth-order valence-corrected chi connectivity index (χ4v) is 3.92. The van der Waals surface area contributed by atoms with E-state index in [-0.39, 0.29) is 0 Å². The Morgan fingerprint density at radius 2 is 2.00 bits per heavy atom. The van der Waals surface area contributed by atoms with Gasteiger partial charge < -0.3 is 4.90 Å². The lowest BCUT2D eigenvalue weighted by molar-refractivity contribution is 0.133. The number of rotatable bonds is 1. The molecule has 0 spiro atoms. The molecule has 1 aromatic heterocycles. The fraction of sp³-hybridized carbons (Fsp3) is 0.500. The Hall–Kier alpha value is -1.61. The van der Waals surface area contributed by atoms with Gasteiger partial charge in [-0.25, -0.2) is 0 Å². The number of para-hydroxylation sites is 1. The molecule has 2 saturated heterocycles.